The van der Waals surface area contributed by atoms with Crippen LogP contribution < -0.4 is 0 Å². The molecule has 0 aliphatic heterocycles. The molecule has 3 nitrogen and oxygen atoms in total. The second-order valence-electron chi connectivity index (χ2n) is 3.13. The number of carbonyl (C=O) groups is 1. The zero-order valence-electron chi connectivity index (χ0n) is 7.98. The standard InChI is InChI=1S/C10H6BrFN2OS/c11-8-4-7(12)2-1-6(8)3-10(15)9-5-13-16-14-9/h1-2,4-5H,3H2. The first-order chi connectivity index (χ1) is 7.66. The minimum atomic E-state index is -0.335. The third-order valence-corrected chi connectivity index (χ3v) is 3.23. The van der Waals surface area contributed by atoms with Crippen molar-refractivity contribution in [1.82, 2.24) is 8.75 Å². The molecule has 16 heavy (non-hydrogen) atoms. The van der Waals surface area contributed by atoms with Crippen LogP contribution in [0.3, 0.4) is 0 Å². The van der Waals surface area contributed by atoms with Crippen molar-refractivity contribution in [2.45, 2.75) is 6.42 Å². The Morgan fingerprint density at radius 2 is 2.31 bits per heavy atom. The van der Waals surface area contributed by atoms with E-state index in [1.165, 1.54) is 18.3 Å². The van der Waals surface area contributed by atoms with E-state index in [1.807, 2.05) is 0 Å². The lowest BCUT2D eigenvalue weighted by molar-refractivity contribution is 0.0989. The Morgan fingerprint density at radius 3 is 2.94 bits per heavy atom. The van der Waals surface area contributed by atoms with Crippen molar-refractivity contribution in [3.05, 3.63) is 45.9 Å². The maximum Gasteiger partial charge on any atom is 0.188 e. The number of nitrogens with zero attached hydrogens (tertiary/aromatic N) is 2. The summed E-state index contributed by atoms with van der Waals surface area (Å²) in [5.74, 6) is -0.459. The molecule has 82 valence electrons. The van der Waals surface area contributed by atoms with Gasteiger partial charge in [0.05, 0.1) is 17.9 Å². The Kier molecular flexibility index (Phi) is 3.40. The van der Waals surface area contributed by atoms with Gasteiger partial charge in [0.1, 0.15) is 11.5 Å². The van der Waals surface area contributed by atoms with E-state index >= 15 is 0 Å². The van der Waals surface area contributed by atoms with Gasteiger partial charge >= 0.3 is 0 Å². The van der Waals surface area contributed by atoms with Crippen molar-refractivity contribution in [3.63, 3.8) is 0 Å². The van der Waals surface area contributed by atoms with Gasteiger partial charge in [0.15, 0.2) is 5.78 Å². The lowest BCUT2D eigenvalue weighted by Gasteiger charge is -2.02. The number of carbonyl (C=O) groups excluding carboxylic acids is 1. The first-order valence-electron chi connectivity index (χ1n) is 4.41. The Bertz CT molecular complexity index is 516. The van der Waals surface area contributed by atoms with E-state index < -0.39 is 0 Å². The molecule has 0 aliphatic carbocycles. The SMILES string of the molecule is O=C(Cc1ccc(F)cc1Br)c1cnsn1. The molecule has 0 saturated heterocycles. The number of halogens is 2. The molecule has 0 bridgehead atoms. The van der Waals surface area contributed by atoms with Crippen LogP contribution in [0.15, 0.2) is 28.9 Å². The van der Waals surface area contributed by atoms with E-state index in [0.717, 1.165) is 17.3 Å². The molecule has 0 radical (unpaired) electrons. The number of hydrogen-bond donors (Lipinski definition) is 0. The highest BCUT2D eigenvalue weighted by molar-refractivity contribution is 9.10. The Hall–Kier alpha value is -1.14. The molecule has 0 amide bonds. The largest absolute Gasteiger partial charge is 0.292 e. The molecule has 0 fully saturated rings. The quantitative estimate of drug-likeness (QED) is 0.819. The van der Waals surface area contributed by atoms with Crippen LogP contribution in [0.1, 0.15) is 16.1 Å². The maximum absolute atomic E-state index is 12.8. The van der Waals surface area contributed by atoms with Crippen molar-refractivity contribution in [3.8, 4) is 0 Å². The van der Waals surface area contributed by atoms with Crippen LogP contribution >= 0.6 is 27.7 Å². The summed E-state index contributed by atoms with van der Waals surface area (Å²) < 4.78 is 21.0. The van der Waals surface area contributed by atoms with Crippen molar-refractivity contribution in [2.24, 2.45) is 0 Å². The van der Waals surface area contributed by atoms with Gasteiger partial charge in [-0.1, -0.05) is 22.0 Å². The van der Waals surface area contributed by atoms with Gasteiger partial charge in [-0.3, -0.25) is 4.79 Å². The fraction of sp³-hybridized carbons (Fsp3) is 0.100. The summed E-state index contributed by atoms with van der Waals surface area (Å²) in [5, 5.41) is 0. The van der Waals surface area contributed by atoms with Crippen LogP contribution in [0.2, 0.25) is 0 Å². The van der Waals surface area contributed by atoms with Gasteiger partial charge in [0.25, 0.3) is 0 Å². The predicted octanol–water partition coefficient (Wildman–Crippen LogP) is 2.87. The van der Waals surface area contributed by atoms with Crippen molar-refractivity contribution >= 4 is 33.4 Å². The maximum atomic E-state index is 12.8. The first-order valence-corrected chi connectivity index (χ1v) is 5.94. The molecular formula is C10H6BrFN2OS. The first kappa shape index (κ1) is 11.3. The van der Waals surface area contributed by atoms with Gasteiger partial charge in [0.2, 0.25) is 0 Å². The van der Waals surface area contributed by atoms with Crippen LogP contribution in [-0.2, 0) is 6.42 Å². The Balaban J connectivity index is 2.18. The molecule has 1 aromatic carbocycles. The van der Waals surface area contributed by atoms with Gasteiger partial charge in [-0.2, -0.15) is 8.75 Å². The van der Waals surface area contributed by atoms with Crippen molar-refractivity contribution < 1.29 is 9.18 Å². The summed E-state index contributed by atoms with van der Waals surface area (Å²) in [6.07, 6.45) is 1.62. The Labute approximate surface area is 104 Å². The molecule has 0 atom stereocenters. The third-order valence-electron chi connectivity index (χ3n) is 2.01. The van der Waals surface area contributed by atoms with Crippen molar-refractivity contribution in [1.29, 1.82) is 0 Å². The fourth-order valence-electron chi connectivity index (χ4n) is 1.22. The van der Waals surface area contributed by atoms with E-state index in [1.54, 1.807) is 6.07 Å². The number of Topliss-reactive ketones (excluding diaryl/α,β-unsaturated/α-hetero) is 1. The number of rotatable bonds is 3. The third kappa shape index (κ3) is 2.51. The molecule has 0 aliphatic rings. The molecule has 0 spiro atoms. The minimum absolute atomic E-state index is 0.124. The molecule has 0 N–H and O–H groups in total. The van der Waals surface area contributed by atoms with E-state index in [0.29, 0.717) is 10.2 Å². The lowest BCUT2D eigenvalue weighted by atomic mass is 10.1. The second-order valence-corrected chi connectivity index (χ2v) is 4.54. The monoisotopic (exact) mass is 300 g/mol. The van der Waals surface area contributed by atoms with Gasteiger partial charge < -0.3 is 0 Å². The van der Waals surface area contributed by atoms with Crippen LogP contribution in [0, 0.1) is 5.82 Å². The van der Waals surface area contributed by atoms with E-state index in [9.17, 15) is 9.18 Å². The van der Waals surface area contributed by atoms with Crippen LogP contribution in [-0.4, -0.2) is 14.5 Å². The number of hydrogen-bond acceptors (Lipinski definition) is 4. The van der Waals surface area contributed by atoms with Gasteiger partial charge in [-0.15, -0.1) is 0 Å². The Morgan fingerprint density at radius 1 is 1.50 bits per heavy atom. The van der Waals surface area contributed by atoms with E-state index in [2.05, 4.69) is 24.7 Å². The molecule has 2 aromatic rings. The average molecular weight is 301 g/mol. The summed E-state index contributed by atoms with van der Waals surface area (Å²) in [4.78, 5) is 11.7. The predicted molar refractivity (Wildman–Crippen MR) is 62.0 cm³/mol. The highest BCUT2D eigenvalue weighted by Gasteiger charge is 2.12. The average Bonchev–Trinajstić information content (AvgIpc) is 2.75. The number of ketones is 1. The smallest absolute Gasteiger partial charge is 0.188 e. The van der Waals surface area contributed by atoms with Crippen LogP contribution in [0.4, 0.5) is 4.39 Å². The summed E-state index contributed by atoms with van der Waals surface area (Å²) in [7, 11) is 0. The zero-order valence-corrected chi connectivity index (χ0v) is 10.4. The zero-order chi connectivity index (χ0) is 11.5. The summed E-state index contributed by atoms with van der Waals surface area (Å²) >= 11 is 4.21. The number of benzene rings is 1. The molecule has 1 aromatic heterocycles. The van der Waals surface area contributed by atoms with Gasteiger partial charge in [-0.05, 0) is 17.7 Å². The topological polar surface area (TPSA) is 42.9 Å². The molecule has 1 heterocycles. The molecular weight excluding hydrogens is 295 g/mol. The van der Waals surface area contributed by atoms with E-state index in [4.69, 9.17) is 0 Å². The van der Waals surface area contributed by atoms with Gasteiger partial charge in [-0.25, -0.2) is 4.39 Å². The highest BCUT2D eigenvalue weighted by atomic mass is 79.9. The van der Waals surface area contributed by atoms with Gasteiger partial charge in [0, 0.05) is 10.9 Å². The fourth-order valence-corrected chi connectivity index (χ4v) is 2.14. The molecule has 6 heteroatoms. The van der Waals surface area contributed by atoms with Crippen molar-refractivity contribution in [2.75, 3.05) is 0 Å². The molecule has 2 rings (SSSR count). The second kappa shape index (κ2) is 4.80. The normalized spacial score (nSPS) is 10.4. The number of aromatic nitrogens is 2. The highest BCUT2D eigenvalue weighted by Crippen LogP contribution is 2.19. The summed E-state index contributed by atoms with van der Waals surface area (Å²) in [6.45, 7) is 0. The minimum Gasteiger partial charge on any atom is -0.292 e. The molecule has 0 unspecified atom stereocenters. The molecule has 0 saturated carbocycles. The lowest BCUT2D eigenvalue weighted by Crippen LogP contribution is -2.04. The van der Waals surface area contributed by atoms with Crippen LogP contribution in [0.5, 0.6) is 0 Å². The summed E-state index contributed by atoms with van der Waals surface area (Å²) in [6, 6.07) is 4.24. The van der Waals surface area contributed by atoms with Crippen LogP contribution in [0.25, 0.3) is 0 Å². The van der Waals surface area contributed by atoms with E-state index in [-0.39, 0.29) is 18.0 Å². The summed E-state index contributed by atoms with van der Waals surface area (Å²) in [5.41, 5.74) is 1.08.